The molecule has 0 radical (unpaired) electrons. The third-order valence-corrected chi connectivity index (χ3v) is 3.35. The number of benzene rings is 1. The van der Waals surface area contributed by atoms with E-state index in [1.807, 2.05) is 0 Å². The lowest BCUT2D eigenvalue weighted by atomic mass is 10.3. The molecule has 0 fully saturated rings. The Bertz CT molecular complexity index is 976. The topological polar surface area (TPSA) is 73.4 Å². The van der Waals surface area contributed by atoms with Gasteiger partial charge in [0, 0.05) is 11.9 Å². The molecule has 1 N–H and O–H groups in total. The van der Waals surface area contributed by atoms with E-state index in [4.69, 9.17) is 11.3 Å². The normalized spacial score (nSPS) is 10.2. The Kier molecular flexibility index (Phi) is 4.90. The van der Waals surface area contributed by atoms with E-state index in [9.17, 15) is 9.18 Å². The van der Waals surface area contributed by atoms with Gasteiger partial charge in [-0.1, -0.05) is 0 Å². The largest absolute Gasteiger partial charge is 0.461 e. The van der Waals surface area contributed by atoms with Crippen molar-refractivity contribution < 1.29 is 13.9 Å². The molecule has 3 aromatic rings. The van der Waals surface area contributed by atoms with E-state index >= 15 is 0 Å². The average Bonchev–Trinajstić information content (AvgIpc) is 3.14. The van der Waals surface area contributed by atoms with Gasteiger partial charge in [0.25, 0.3) is 0 Å². The first-order valence-corrected chi connectivity index (χ1v) is 7.74. The van der Waals surface area contributed by atoms with E-state index < -0.39 is 5.97 Å². The van der Waals surface area contributed by atoms with Crippen molar-refractivity contribution in [2.45, 2.75) is 6.92 Å². The van der Waals surface area contributed by atoms with E-state index in [2.05, 4.69) is 20.2 Å². The molecule has 8 heteroatoms. The highest BCUT2D eigenvalue weighted by molar-refractivity contribution is 5.87. The van der Waals surface area contributed by atoms with Gasteiger partial charge in [-0.3, -0.25) is 0 Å². The number of carbonyl (C=O) groups excluding carboxylic acids is 1. The summed E-state index contributed by atoms with van der Waals surface area (Å²) in [6.07, 6.45) is 1.56. The molecule has 3 rings (SSSR count). The summed E-state index contributed by atoms with van der Waals surface area (Å²) in [5.74, 6) is -0.119. The maximum atomic E-state index is 13.0. The van der Waals surface area contributed by atoms with Gasteiger partial charge in [-0.05, 0) is 49.4 Å². The molecule has 0 aliphatic carbocycles. The molecule has 0 aliphatic heterocycles. The molecule has 0 spiro atoms. The fraction of sp³-hybridized carbons (Fsp3) is 0.111. The minimum Gasteiger partial charge on any atom is -0.461 e. The van der Waals surface area contributed by atoms with Crippen LogP contribution in [-0.4, -0.2) is 27.3 Å². The average molecular weight is 351 g/mol. The molecule has 1 aromatic carbocycles. The number of halogens is 1. The summed E-state index contributed by atoms with van der Waals surface area (Å²) in [6.45, 7) is 9.22. The first-order valence-electron chi connectivity index (χ1n) is 7.74. The van der Waals surface area contributed by atoms with Gasteiger partial charge in [-0.15, -0.1) is 0 Å². The van der Waals surface area contributed by atoms with Crippen molar-refractivity contribution >= 4 is 23.2 Å². The third-order valence-electron chi connectivity index (χ3n) is 3.35. The standard InChI is InChI=1S/C18H14FN5O2/c1-3-26-18(25)15-8-9-24(23-15)17-11-14(20-2)10-16(22-17)21-13-6-4-12(19)5-7-13/h4-11H,3H2,1H3,(H,21,22). The van der Waals surface area contributed by atoms with Crippen molar-refractivity contribution in [2.75, 3.05) is 11.9 Å². The van der Waals surface area contributed by atoms with Crippen LogP contribution in [0.5, 0.6) is 0 Å². The number of rotatable bonds is 5. The van der Waals surface area contributed by atoms with Crippen LogP contribution >= 0.6 is 0 Å². The number of hydrogen-bond donors (Lipinski definition) is 1. The number of esters is 1. The van der Waals surface area contributed by atoms with E-state index in [0.717, 1.165) is 0 Å². The molecule has 0 aliphatic rings. The summed E-state index contributed by atoms with van der Waals surface area (Å²) in [7, 11) is 0. The predicted octanol–water partition coefficient (Wildman–Crippen LogP) is 3.88. The molecule has 0 bridgehead atoms. The SMILES string of the molecule is [C-]#[N+]c1cc(Nc2ccc(F)cc2)nc(-n2ccc(C(=O)OCC)n2)c1. The van der Waals surface area contributed by atoms with Gasteiger partial charge in [0.15, 0.2) is 11.4 Å². The zero-order valence-electron chi connectivity index (χ0n) is 13.8. The van der Waals surface area contributed by atoms with Gasteiger partial charge in [0.2, 0.25) is 0 Å². The molecule has 0 saturated heterocycles. The quantitative estimate of drug-likeness (QED) is 0.558. The van der Waals surface area contributed by atoms with Crippen LogP contribution in [0.1, 0.15) is 17.4 Å². The maximum Gasteiger partial charge on any atom is 0.358 e. The van der Waals surface area contributed by atoms with E-state index in [1.54, 1.807) is 37.4 Å². The Balaban J connectivity index is 1.91. The monoisotopic (exact) mass is 351 g/mol. The minimum atomic E-state index is -0.530. The number of anilines is 2. The number of nitrogens with one attached hydrogen (secondary N) is 1. The predicted molar refractivity (Wildman–Crippen MR) is 93.3 cm³/mol. The molecule has 2 aromatic heterocycles. The molecule has 0 atom stereocenters. The maximum absolute atomic E-state index is 13.0. The second kappa shape index (κ2) is 7.44. The zero-order chi connectivity index (χ0) is 18.5. The van der Waals surface area contributed by atoms with Gasteiger partial charge in [0.1, 0.15) is 17.5 Å². The van der Waals surface area contributed by atoms with Crippen molar-refractivity contribution in [1.82, 2.24) is 14.8 Å². The van der Waals surface area contributed by atoms with Gasteiger partial charge in [-0.2, -0.15) is 5.10 Å². The van der Waals surface area contributed by atoms with E-state index in [0.29, 0.717) is 23.0 Å². The number of hydrogen-bond acceptors (Lipinski definition) is 5. The molecule has 2 heterocycles. The van der Waals surface area contributed by atoms with Gasteiger partial charge in [0.05, 0.1) is 13.2 Å². The molecule has 0 saturated carbocycles. The van der Waals surface area contributed by atoms with Gasteiger partial charge >= 0.3 is 5.97 Å². The lowest BCUT2D eigenvalue weighted by molar-refractivity contribution is 0.0519. The van der Waals surface area contributed by atoms with Crippen molar-refractivity contribution in [1.29, 1.82) is 0 Å². The number of aromatic nitrogens is 3. The van der Waals surface area contributed by atoms with Gasteiger partial charge < -0.3 is 10.1 Å². The van der Waals surface area contributed by atoms with Crippen LogP contribution in [0.25, 0.3) is 10.7 Å². The lowest BCUT2D eigenvalue weighted by Crippen LogP contribution is -2.07. The van der Waals surface area contributed by atoms with Gasteiger partial charge in [-0.25, -0.2) is 23.7 Å². The fourth-order valence-corrected chi connectivity index (χ4v) is 2.19. The van der Waals surface area contributed by atoms with Crippen LogP contribution in [0.15, 0.2) is 48.7 Å². The zero-order valence-corrected chi connectivity index (χ0v) is 13.8. The van der Waals surface area contributed by atoms with Crippen LogP contribution in [-0.2, 0) is 4.74 Å². The smallest absolute Gasteiger partial charge is 0.358 e. The highest BCUT2D eigenvalue weighted by Gasteiger charge is 2.12. The Morgan fingerprint density at radius 3 is 2.77 bits per heavy atom. The summed E-state index contributed by atoms with van der Waals surface area (Å²) < 4.78 is 19.3. The summed E-state index contributed by atoms with van der Waals surface area (Å²) in [5, 5.41) is 7.15. The third kappa shape index (κ3) is 3.84. The molecular weight excluding hydrogens is 337 g/mol. The Morgan fingerprint density at radius 2 is 2.08 bits per heavy atom. The summed E-state index contributed by atoms with van der Waals surface area (Å²) >= 11 is 0. The lowest BCUT2D eigenvalue weighted by Gasteiger charge is -2.09. The second-order valence-corrected chi connectivity index (χ2v) is 5.18. The van der Waals surface area contributed by atoms with E-state index in [-0.39, 0.29) is 18.1 Å². The van der Waals surface area contributed by atoms with Crippen molar-refractivity contribution in [3.63, 3.8) is 0 Å². The summed E-state index contributed by atoms with van der Waals surface area (Å²) in [5.41, 5.74) is 1.11. The van der Waals surface area contributed by atoms with Crippen LogP contribution in [0.2, 0.25) is 0 Å². The molecular formula is C18H14FN5O2. The van der Waals surface area contributed by atoms with Crippen molar-refractivity contribution in [2.24, 2.45) is 0 Å². The summed E-state index contributed by atoms with van der Waals surface area (Å²) in [6, 6.07) is 10.4. The van der Waals surface area contributed by atoms with Crippen LogP contribution in [0.3, 0.4) is 0 Å². The molecule has 130 valence electrons. The Hall–Kier alpha value is -3.73. The minimum absolute atomic E-state index is 0.148. The molecule has 7 nitrogen and oxygen atoms in total. The van der Waals surface area contributed by atoms with Crippen LogP contribution in [0.4, 0.5) is 21.6 Å². The first kappa shape index (κ1) is 17.1. The first-order chi connectivity index (χ1) is 12.6. The second-order valence-electron chi connectivity index (χ2n) is 5.18. The number of nitrogens with zero attached hydrogens (tertiary/aromatic N) is 4. The molecule has 0 unspecified atom stereocenters. The highest BCUT2D eigenvalue weighted by Crippen LogP contribution is 2.23. The number of pyridine rings is 1. The number of ether oxygens (including phenoxy) is 1. The number of carbonyl (C=O) groups is 1. The summed E-state index contributed by atoms with van der Waals surface area (Å²) in [4.78, 5) is 19.5. The highest BCUT2D eigenvalue weighted by atomic mass is 19.1. The van der Waals surface area contributed by atoms with Crippen LogP contribution in [0, 0.1) is 12.4 Å². The van der Waals surface area contributed by atoms with E-state index in [1.165, 1.54) is 22.9 Å². The fourth-order valence-electron chi connectivity index (χ4n) is 2.19. The van der Waals surface area contributed by atoms with Crippen molar-refractivity contribution in [3.8, 4) is 5.82 Å². The Labute approximate surface area is 148 Å². The molecule has 0 amide bonds. The Morgan fingerprint density at radius 1 is 1.31 bits per heavy atom. The van der Waals surface area contributed by atoms with Crippen LogP contribution < -0.4 is 5.32 Å². The molecule has 26 heavy (non-hydrogen) atoms. The van der Waals surface area contributed by atoms with Crippen molar-refractivity contribution in [3.05, 3.63) is 71.6 Å².